The summed E-state index contributed by atoms with van der Waals surface area (Å²) in [6.45, 7) is 3.77. The van der Waals surface area contributed by atoms with Crippen molar-refractivity contribution < 1.29 is 23.5 Å². The van der Waals surface area contributed by atoms with E-state index in [9.17, 15) is 18.8 Å². The average molecular weight is 396 g/mol. The lowest BCUT2D eigenvalue weighted by Gasteiger charge is -2.23. The average Bonchev–Trinajstić information content (AvgIpc) is 2.90. The van der Waals surface area contributed by atoms with Crippen molar-refractivity contribution in [3.05, 3.63) is 24.0 Å². The molecule has 154 valence electrons. The molecule has 1 fully saturated rings. The van der Waals surface area contributed by atoms with Gasteiger partial charge in [0.15, 0.2) is 0 Å². The van der Waals surface area contributed by atoms with Crippen LogP contribution in [0.15, 0.2) is 18.2 Å². The van der Waals surface area contributed by atoms with Gasteiger partial charge >= 0.3 is 6.03 Å². The number of halogens is 1. The Labute approximate surface area is 162 Å². The van der Waals surface area contributed by atoms with Crippen LogP contribution in [-0.2, 0) is 14.3 Å². The van der Waals surface area contributed by atoms with Crippen LogP contribution < -0.4 is 26.7 Å². The Balaban J connectivity index is 1.96. The number of primary amides is 1. The van der Waals surface area contributed by atoms with Crippen LogP contribution >= 0.6 is 0 Å². The second-order valence-corrected chi connectivity index (χ2v) is 6.22. The topological polar surface area (TPSA) is 129 Å². The molecule has 2 rings (SSSR count). The molecule has 0 radical (unpaired) electrons. The highest BCUT2D eigenvalue weighted by Gasteiger charge is 2.19. The fourth-order valence-corrected chi connectivity index (χ4v) is 2.77. The monoisotopic (exact) mass is 396 g/mol. The first-order valence-corrected chi connectivity index (χ1v) is 8.83. The molecule has 10 nitrogen and oxygen atoms in total. The first-order valence-electron chi connectivity index (χ1n) is 8.83. The molecule has 1 aromatic rings. The predicted molar refractivity (Wildman–Crippen MR) is 101 cm³/mol. The van der Waals surface area contributed by atoms with Gasteiger partial charge in [0, 0.05) is 32.2 Å². The molecule has 0 spiro atoms. The maximum absolute atomic E-state index is 14.6. The molecular weight excluding hydrogens is 371 g/mol. The largest absolute Gasteiger partial charge is 0.461 e. The summed E-state index contributed by atoms with van der Waals surface area (Å²) < 4.78 is 19.5. The second-order valence-electron chi connectivity index (χ2n) is 6.22. The number of ether oxygens (including phenoxy) is 1. The Morgan fingerprint density at radius 1 is 1.36 bits per heavy atom. The van der Waals surface area contributed by atoms with Crippen LogP contribution in [0.1, 0.15) is 6.92 Å². The van der Waals surface area contributed by atoms with E-state index in [-0.39, 0.29) is 19.0 Å². The summed E-state index contributed by atoms with van der Waals surface area (Å²) in [7, 11) is 0. The Bertz CT molecular complexity index is 704. The zero-order valence-electron chi connectivity index (χ0n) is 15.6. The number of urea groups is 1. The fourth-order valence-electron chi connectivity index (χ4n) is 2.77. The molecule has 28 heavy (non-hydrogen) atoms. The zero-order valence-corrected chi connectivity index (χ0v) is 15.6. The predicted octanol–water partition coefficient (Wildman–Crippen LogP) is -0.379. The third-order valence-corrected chi connectivity index (χ3v) is 4.19. The van der Waals surface area contributed by atoms with E-state index in [0.717, 1.165) is 0 Å². The zero-order chi connectivity index (χ0) is 20.5. The van der Waals surface area contributed by atoms with Gasteiger partial charge in [-0.1, -0.05) is 0 Å². The van der Waals surface area contributed by atoms with Gasteiger partial charge in [0.2, 0.25) is 5.91 Å². The van der Waals surface area contributed by atoms with Gasteiger partial charge in [0.05, 0.1) is 25.3 Å². The minimum Gasteiger partial charge on any atom is -0.461 e. The molecule has 1 atom stereocenters. The van der Waals surface area contributed by atoms with Crippen molar-refractivity contribution in [3.8, 4) is 0 Å². The van der Waals surface area contributed by atoms with E-state index in [1.807, 2.05) is 4.90 Å². The van der Waals surface area contributed by atoms with E-state index in [1.165, 1.54) is 18.0 Å². The SMILES string of the molecule is CC(=O)NC[C@@H](CNc1ccc(N2CCNN(C(N)=O)CC2)c(F)c1)OC=O. The lowest BCUT2D eigenvalue weighted by molar-refractivity contribution is -0.133. The van der Waals surface area contributed by atoms with Gasteiger partial charge < -0.3 is 26.0 Å². The van der Waals surface area contributed by atoms with Gasteiger partial charge in [-0.3, -0.25) is 14.6 Å². The number of nitrogens with one attached hydrogen (secondary N) is 3. The summed E-state index contributed by atoms with van der Waals surface area (Å²) in [5.41, 5.74) is 9.07. The molecule has 1 aliphatic heterocycles. The first kappa shape index (κ1) is 21.2. The van der Waals surface area contributed by atoms with Gasteiger partial charge in [-0.2, -0.15) is 0 Å². The molecule has 1 aliphatic rings. The molecule has 1 saturated heterocycles. The van der Waals surface area contributed by atoms with Crippen molar-refractivity contribution in [3.63, 3.8) is 0 Å². The Kier molecular flexibility index (Phi) is 7.81. The van der Waals surface area contributed by atoms with Crippen molar-refractivity contribution in [2.75, 3.05) is 49.5 Å². The number of benzene rings is 1. The normalized spacial score (nSPS) is 15.4. The van der Waals surface area contributed by atoms with E-state index in [4.69, 9.17) is 10.5 Å². The van der Waals surface area contributed by atoms with Gasteiger partial charge in [-0.15, -0.1) is 0 Å². The van der Waals surface area contributed by atoms with Crippen molar-refractivity contribution in [1.29, 1.82) is 0 Å². The maximum Gasteiger partial charge on any atom is 0.329 e. The lowest BCUT2D eigenvalue weighted by Crippen LogP contribution is -2.46. The highest BCUT2D eigenvalue weighted by Crippen LogP contribution is 2.23. The molecule has 0 unspecified atom stereocenters. The Morgan fingerprint density at radius 2 is 2.14 bits per heavy atom. The molecule has 1 heterocycles. The van der Waals surface area contributed by atoms with Crippen molar-refractivity contribution in [2.45, 2.75) is 13.0 Å². The van der Waals surface area contributed by atoms with Crippen LogP contribution in [0.5, 0.6) is 0 Å². The van der Waals surface area contributed by atoms with E-state index in [1.54, 1.807) is 12.1 Å². The highest BCUT2D eigenvalue weighted by molar-refractivity contribution is 5.73. The maximum atomic E-state index is 14.6. The van der Waals surface area contributed by atoms with Crippen LogP contribution in [0.4, 0.5) is 20.6 Å². The number of hydrogen-bond acceptors (Lipinski definition) is 7. The minimum absolute atomic E-state index is 0.152. The van der Waals surface area contributed by atoms with Crippen LogP contribution in [0.25, 0.3) is 0 Å². The van der Waals surface area contributed by atoms with Gasteiger partial charge in [0.25, 0.3) is 6.47 Å². The molecule has 5 N–H and O–H groups in total. The van der Waals surface area contributed by atoms with Crippen molar-refractivity contribution in [1.82, 2.24) is 15.8 Å². The number of amides is 3. The summed E-state index contributed by atoms with van der Waals surface area (Å²) in [4.78, 5) is 34.6. The number of hydrazine groups is 1. The Morgan fingerprint density at radius 3 is 2.79 bits per heavy atom. The summed E-state index contributed by atoms with van der Waals surface area (Å²) in [6.07, 6.45) is -0.583. The molecule has 1 aromatic carbocycles. The number of hydrogen-bond donors (Lipinski definition) is 4. The van der Waals surface area contributed by atoms with Gasteiger partial charge in [-0.05, 0) is 18.2 Å². The van der Waals surface area contributed by atoms with Crippen LogP contribution in [0.3, 0.4) is 0 Å². The van der Waals surface area contributed by atoms with E-state index >= 15 is 0 Å². The number of carbonyl (C=O) groups is 3. The molecule has 0 saturated carbocycles. The van der Waals surface area contributed by atoms with E-state index in [2.05, 4.69) is 16.1 Å². The number of nitrogens with two attached hydrogens (primary N) is 1. The summed E-state index contributed by atoms with van der Waals surface area (Å²) >= 11 is 0. The standard InChI is InChI=1S/C17H25FN6O4/c1-12(26)20-9-14(28-11-25)10-21-13-2-3-16(15(18)8-13)23-5-4-22-24(7-6-23)17(19)27/h2-3,8,11,14,21-22H,4-7,9-10H2,1H3,(H2,19,27)(H,20,26)/t14-/m0/s1. The molecule has 3 amide bonds. The summed E-state index contributed by atoms with van der Waals surface area (Å²) in [6, 6.07) is 4.11. The third kappa shape index (κ3) is 6.27. The van der Waals surface area contributed by atoms with Crippen LogP contribution in [0, 0.1) is 5.82 Å². The first-order chi connectivity index (χ1) is 13.4. The third-order valence-electron chi connectivity index (χ3n) is 4.19. The molecule has 11 heteroatoms. The minimum atomic E-state index is -0.583. The van der Waals surface area contributed by atoms with E-state index in [0.29, 0.717) is 44.0 Å². The smallest absolute Gasteiger partial charge is 0.329 e. The number of nitrogens with zero attached hydrogens (tertiary/aromatic N) is 2. The second kappa shape index (κ2) is 10.3. The molecular formula is C17H25FN6O4. The van der Waals surface area contributed by atoms with E-state index < -0.39 is 18.0 Å². The molecule has 0 aliphatic carbocycles. The van der Waals surface area contributed by atoms with Crippen molar-refractivity contribution in [2.24, 2.45) is 5.73 Å². The number of anilines is 2. The summed E-state index contributed by atoms with van der Waals surface area (Å²) in [5.74, 6) is -0.663. The van der Waals surface area contributed by atoms with Gasteiger partial charge in [-0.25, -0.2) is 14.6 Å². The van der Waals surface area contributed by atoms with Crippen molar-refractivity contribution >= 4 is 29.8 Å². The summed E-state index contributed by atoms with van der Waals surface area (Å²) in [5, 5.41) is 6.85. The van der Waals surface area contributed by atoms with Crippen LogP contribution in [0.2, 0.25) is 0 Å². The number of rotatable bonds is 8. The lowest BCUT2D eigenvalue weighted by atomic mass is 10.2. The fraction of sp³-hybridized carbons (Fsp3) is 0.471. The molecule has 0 bridgehead atoms. The number of carbonyl (C=O) groups excluding carboxylic acids is 3. The van der Waals surface area contributed by atoms with Gasteiger partial charge in [0.1, 0.15) is 11.9 Å². The Hall–Kier alpha value is -3.08. The highest BCUT2D eigenvalue weighted by atomic mass is 19.1. The molecule has 0 aromatic heterocycles. The van der Waals surface area contributed by atoms with Crippen LogP contribution in [-0.4, -0.2) is 68.8 Å². The quantitative estimate of drug-likeness (QED) is 0.441.